The first-order valence-corrected chi connectivity index (χ1v) is 6.43. The van der Waals surface area contributed by atoms with E-state index in [4.69, 9.17) is 5.11 Å². The van der Waals surface area contributed by atoms with Gasteiger partial charge >= 0.3 is 0 Å². The summed E-state index contributed by atoms with van der Waals surface area (Å²) in [7, 11) is 0. The van der Waals surface area contributed by atoms with E-state index in [0.717, 1.165) is 12.0 Å². The Bertz CT molecular complexity index is 430. The number of hydrogen-bond acceptors (Lipinski definition) is 2. The van der Waals surface area contributed by atoms with Crippen LogP contribution in [-0.4, -0.2) is 23.2 Å². The van der Waals surface area contributed by atoms with Gasteiger partial charge in [-0.2, -0.15) is 0 Å². The Hall–Kier alpha value is -1.61. The zero-order chi connectivity index (χ0) is 13.0. The molecule has 1 aromatic carbocycles. The molecule has 0 heterocycles. The molecule has 1 saturated carbocycles. The lowest BCUT2D eigenvalue weighted by Gasteiger charge is -2.31. The van der Waals surface area contributed by atoms with Gasteiger partial charge in [0.2, 0.25) is 5.91 Å². The van der Waals surface area contributed by atoms with Crippen LogP contribution < -0.4 is 5.32 Å². The Balaban J connectivity index is 1.83. The third kappa shape index (κ3) is 3.44. The van der Waals surface area contributed by atoms with E-state index < -0.39 is 0 Å². The van der Waals surface area contributed by atoms with Crippen LogP contribution in [0, 0.1) is 0 Å². The van der Waals surface area contributed by atoms with Crippen molar-refractivity contribution in [1.29, 1.82) is 0 Å². The fourth-order valence-corrected chi connectivity index (χ4v) is 1.99. The van der Waals surface area contributed by atoms with Crippen molar-refractivity contribution in [2.45, 2.75) is 38.3 Å². The summed E-state index contributed by atoms with van der Waals surface area (Å²) in [6.07, 6.45) is 5.49. The van der Waals surface area contributed by atoms with Crippen molar-refractivity contribution in [1.82, 2.24) is 5.32 Å². The van der Waals surface area contributed by atoms with Crippen molar-refractivity contribution in [3.05, 3.63) is 41.5 Å². The first-order valence-electron chi connectivity index (χ1n) is 6.43. The van der Waals surface area contributed by atoms with Gasteiger partial charge in [-0.25, -0.2) is 0 Å². The maximum atomic E-state index is 11.6. The standard InChI is InChI=1S/C15H19NO2/c1-2-11-3-5-12(6-4-11)7-8-15(18)16-13-9-14(17)10-13/h3-8,13-14,17H,2,9-10H2,1H3,(H,16,18). The van der Waals surface area contributed by atoms with Gasteiger partial charge in [0.25, 0.3) is 0 Å². The fourth-order valence-electron chi connectivity index (χ4n) is 1.99. The number of aliphatic hydroxyl groups excluding tert-OH is 1. The molecule has 0 saturated heterocycles. The van der Waals surface area contributed by atoms with Gasteiger partial charge in [0.15, 0.2) is 0 Å². The summed E-state index contributed by atoms with van der Waals surface area (Å²) in [4.78, 5) is 11.6. The van der Waals surface area contributed by atoms with Crippen LogP contribution in [0.25, 0.3) is 6.08 Å². The SMILES string of the molecule is CCc1ccc(C=CC(=O)NC2CC(O)C2)cc1. The first-order chi connectivity index (χ1) is 8.67. The number of carbonyl (C=O) groups excluding carboxylic acids is 1. The predicted molar refractivity (Wildman–Crippen MR) is 72.0 cm³/mol. The topological polar surface area (TPSA) is 49.3 Å². The smallest absolute Gasteiger partial charge is 0.244 e. The number of carbonyl (C=O) groups is 1. The maximum Gasteiger partial charge on any atom is 0.244 e. The Kier molecular flexibility index (Phi) is 4.15. The molecule has 96 valence electrons. The van der Waals surface area contributed by atoms with Crippen LogP contribution in [0.1, 0.15) is 30.9 Å². The molecule has 0 aromatic heterocycles. The van der Waals surface area contributed by atoms with Crippen molar-refractivity contribution in [2.24, 2.45) is 0 Å². The average Bonchev–Trinajstić information content (AvgIpc) is 2.35. The second-order valence-corrected chi connectivity index (χ2v) is 4.76. The zero-order valence-electron chi connectivity index (χ0n) is 10.6. The molecule has 0 unspecified atom stereocenters. The first kappa shape index (κ1) is 12.8. The number of hydrogen-bond donors (Lipinski definition) is 2. The fraction of sp³-hybridized carbons (Fsp3) is 0.400. The van der Waals surface area contributed by atoms with E-state index in [9.17, 15) is 4.79 Å². The average molecular weight is 245 g/mol. The van der Waals surface area contributed by atoms with Gasteiger partial charge in [-0.05, 0) is 36.5 Å². The molecule has 0 aliphatic heterocycles. The van der Waals surface area contributed by atoms with Crippen LogP contribution in [0.15, 0.2) is 30.3 Å². The van der Waals surface area contributed by atoms with Crippen LogP contribution in [0.5, 0.6) is 0 Å². The van der Waals surface area contributed by atoms with Crippen LogP contribution in [-0.2, 0) is 11.2 Å². The van der Waals surface area contributed by atoms with Gasteiger partial charge in [0.05, 0.1) is 6.10 Å². The predicted octanol–water partition coefficient (Wildman–Crippen LogP) is 1.90. The summed E-state index contributed by atoms with van der Waals surface area (Å²) in [5.74, 6) is -0.0912. The molecule has 1 aromatic rings. The molecule has 2 N–H and O–H groups in total. The summed E-state index contributed by atoms with van der Waals surface area (Å²) in [6.45, 7) is 2.12. The quantitative estimate of drug-likeness (QED) is 0.796. The third-order valence-electron chi connectivity index (χ3n) is 3.27. The van der Waals surface area contributed by atoms with Gasteiger partial charge in [-0.3, -0.25) is 4.79 Å². The summed E-state index contributed by atoms with van der Waals surface area (Å²) in [5, 5.41) is 12.0. The Morgan fingerprint density at radius 2 is 2.06 bits per heavy atom. The Morgan fingerprint density at radius 3 is 2.61 bits per heavy atom. The highest BCUT2D eigenvalue weighted by molar-refractivity contribution is 5.91. The van der Waals surface area contributed by atoms with E-state index in [1.54, 1.807) is 6.08 Å². The number of benzene rings is 1. The van der Waals surface area contributed by atoms with Gasteiger partial charge in [0, 0.05) is 12.1 Å². The summed E-state index contributed by atoms with van der Waals surface area (Å²) in [6, 6.07) is 8.30. The lowest BCUT2D eigenvalue weighted by Crippen LogP contribution is -2.46. The zero-order valence-corrected chi connectivity index (χ0v) is 10.6. The van der Waals surface area contributed by atoms with Crippen molar-refractivity contribution < 1.29 is 9.90 Å². The molecule has 18 heavy (non-hydrogen) atoms. The summed E-state index contributed by atoms with van der Waals surface area (Å²) >= 11 is 0. The van der Waals surface area contributed by atoms with Gasteiger partial charge in [-0.1, -0.05) is 31.2 Å². The monoisotopic (exact) mass is 245 g/mol. The highest BCUT2D eigenvalue weighted by Crippen LogP contribution is 2.19. The molecule has 0 atom stereocenters. The molecule has 0 radical (unpaired) electrons. The minimum Gasteiger partial charge on any atom is -0.393 e. The molecular weight excluding hydrogens is 226 g/mol. The van der Waals surface area contributed by atoms with E-state index in [1.807, 2.05) is 18.2 Å². The normalized spacial score (nSPS) is 22.8. The maximum absolute atomic E-state index is 11.6. The van der Waals surface area contributed by atoms with E-state index >= 15 is 0 Å². The van der Waals surface area contributed by atoms with Crippen LogP contribution in [0.3, 0.4) is 0 Å². The van der Waals surface area contributed by atoms with Crippen LogP contribution in [0.2, 0.25) is 0 Å². The molecular formula is C15H19NO2. The number of aliphatic hydroxyl groups is 1. The highest BCUT2D eigenvalue weighted by Gasteiger charge is 2.27. The summed E-state index contributed by atoms with van der Waals surface area (Å²) < 4.78 is 0. The molecule has 1 aliphatic rings. The van der Waals surface area contributed by atoms with Crippen LogP contribution in [0.4, 0.5) is 0 Å². The highest BCUT2D eigenvalue weighted by atomic mass is 16.3. The van der Waals surface area contributed by atoms with E-state index in [1.165, 1.54) is 5.56 Å². The minimum absolute atomic E-state index is 0.0912. The molecule has 2 rings (SSSR count). The number of amides is 1. The number of aryl methyl sites for hydroxylation is 1. The number of rotatable bonds is 4. The molecule has 1 fully saturated rings. The molecule has 3 nitrogen and oxygen atoms in total. The van der Waals surface area contributed by atoms with Gasteiger partial charge in [0.1, 0.15) is 0 Å². The Labute approximate surface area is 108 Å². The number of nitrogens with one attached hydrogen (secondary N) is 1. The molecule has 1 amide bonds. The van der Waals surface area contributed by atoms with Crippen molar-refractivity contribution in [3.63, 3.8) is 0 Å². The minimum atomic E-state index is -0.235. The summed E-state index contributed by atoms with van der Waals surface area (Å²) in [5.41, 5.74) is 2.32. The molecule has 0 bridgehead atoms. The molecule has 3 heteroatoms. The van der Waals surface area contributed by atoms with Crippen molar-refractivity contribution in [3.8, 4) is 0 Å². The lowest BCUT2D eigenvalue weighted by atomic mass is 9.89. The van der Waals surface area contributed by atoms with Crippen LogP contribution >= 0.6 is 0 Å². The lowest BCUT2D eigenvalue weighted by molar-refractivity contribution is -0.118. The van der Waals surface area contributed by atoms with Crippen molar-refractivity contribution in [2.75, 3.05) is 0 Å². The van der Waals surface area contributed by atoms with Gasteiger partial charge in [-0.15, -0.1) is 0 Å². The van der Waals surface area contributed by atoms with E-state index in [2.05, 4.69) is 24.4 Å². The van der Waals surface area contributed by atoms with Gasteiger partial charge < -0.3 is 10.4 Å². The second kappa shape index (κ2) is 5.83. The third-order valence-corrected chi connectivity index (χ3v) is 3.27. The van der Waals surface area contributed by atoms with Crippen molar-refractivity contribution >= 4 is 12.0 Å². The van der Waals surface area contributed by atoms with E-state index in [0.29, 0.717) is 12.8 Å². The molecule has 1 aliphatic carbocycles. The Morgan fingerprint density at radius 1 is 1.39 bits per heavy atom. The molecule has 0 spiro atoms. The van der Waals surface area contributed by atoms with E-state index in [-0.39, 0.29) is 18.1 Å². The second-order valence-electron chi connectivity index (χ2n) is 4.76. The largest absolute Gasteiger partial charge is 0.393 e.